The Morgan fingerprint density at radius 3 is 2.36 bits per heavy atom. The van der Waals surface area contributed by atoms with Crippen molar-refractivity contribution in [2.45, 2.75) is 13.3 Å². The van der Waals surface area contributed by atoms with Gasteiger partial charge in [0, 0.05) is 10.0 Å². The fourth-order valence-corrected chi connectivity index (χ4v) is 1.61. The molecule has 0 unspecified atom stereocenters. The second-order valence-corrected chi connectivity index (χ2v) is 3.56. The van der Waals surface area contributed by atoms with Crippen LogP contribution < -0.4 is 0 Å². The zero-order chi connectivity index (χ0) is 10.9. The number of Topliss-reactive ketones (excluding diaryl/α,β-unsaturated/α-hetero) is 1. The highest BCUT2D eigenvalue weighted by molar-refractivity contribution is 9.10. The predicted molar refractivity (Wildman–Crippen MR) is 49.1 cm³/mol. The van der Waals surface area contributed by atoms with Crippen molar-refractivity contribution in [2.75, 3.05) is 0 Å². The van der Waals surface area contributed by atoms with Gasteiger partial charge in [-0.05, 0) is 19.1 Å². The molecule has 5 heteroatoms. The van der Waals surface area contributed by atoms with Gasteiger partial charge in [0.15, 0.2) is 5.78 Å². The minimum Gasteiger partial charge on any atom is -0.295 e. The first-order valence-corrected chi connectivity index (χ1v) is 4.50. The molecule has 0 aliphatic rings. The molecule has 1 aromatic rings. The van der Waals surface area contributed by atoms with Gasteiger partial charge < -0.3 is 0 Å². The monoisotopic (exact) mass is 266 g/mol. The van der Waals surface area contributed by atoms with Crippen molar-refractivity contribution in [1.82, 2.24) is 0 Å². The van der Waals surface area contributed by atoms with Crippen molar-refractivity contribution in [1.29, 1.82) is 0 Å². The average molecular weight is 267 g/mol. The Morgan fingerprint density at radius 1 is 1.43 bits per heavy atom. The molecule has 0 saturated carbocycles. The van der Waals surface area contributed by atoms with E-state index in [2.05, 4.69) is 15.9 Å². The maximum Gasteiger partial charge on any atom is 0.267 e. The van der Waals surface area contributed by atoms with Crippen LogP contribution in [0.15, 0.2) is 16.6 Å². The fraction of sp³-hybridized carbons (Fsp3) is 0.222. The van der Waals surface area contributed by atoms with Crippen molar-refractivity contribution in [3.8, 4) is 0 Å². The molecule has 0 radical (unpaired) electrons. The Kier molecular flexibility index (Phi) is 3.31. The first kappa shape index (κ1) is 11.2. The molecular formula is C9H6BrF3O. The zero-order valence-corrected chi connectivity index (χ0v) is 8.74. The molecule has 0 aliphatic heterocycles. The maximum atomic E-state index is 13.1. The number of benzene rings is 1. The maximum absolute atomic E-state index is 13.1. The summed E-state index contributed by atoms with van der Waals surface area (Å²) in [5.41, 5.74) is -0.645. The van der Waals surface area contributed by atoms with Crippen molar-refractivity contribution in [2.24, 2.45) is 0 Å². The van der Waals surface area contributed by atoms with Crippen LogP contribution in [0.25, 0.3) is 0 Å². The third-order valence-corrected chi connectivity index (χ3v) is 2.36. The van der Waals surface area contributed by atoms with Crippen molar-refractivity contribution in [3.05, 3.63) is 33.5 Å². The Balaban J connectivity index is 3.32. The fourth-order valence-electron chi connectivity index (χ4n) is 0.996. The van der Waals surface area contributed by atoms with E-state index in [4.69, 9.17) is 0 Å². The number of halogens is 4. The summed E-state index contributed by atoms with van der Waals surface area (Å²) in [6.07, 6.45) is -2.90. The number of hydrogen-bond acceptors (Lipinski definition) is 1. The topological polar surface area (TPSA) is 17.1 Å². The Bertz CT molecular complexity index is 353. The smallest absolute Gasteiger partial charge is 0.267 e. The molecule has 76 valence electrons. The number of alkyl halides is 2. The summed E-state index contributed by atoms with van der Waals surface area (Å²) in [4.78, 5) is 10.9. The van der Waals surface area contributed by atoms with E-state index in [0.29, 0.717) is 0 Å². The van der Waals surface area contributed by atoms with E-state index in [-0.39, 0.29) is 15.8 Å². The molecule has 0 aliphatic carbocycles. The van der Waals surface area contributed by atoms with E-state index in [1.165, 1.54) is 13.0 Å². The highest BCUT2D eigenvalue weighted by Crippen LogP contribution is 2.30. The van der Waals surface area contributed by atoms with E-state index in [1.807, 2.05) is 0 Å². The standard InChI is InChI=1S/C9H6BrF3O/c1-4(14)5-2-6(10)8(9(12)13)7(11)3-5/h2-3,9H,1H3. The average Bonchev–Trinajstić information content (AvgIpc) is 2.01. The number of ketones is 1. The van der Waals surface area contributed by atoms with E-state index >= 15 is 0 Å². The molecule has 0 saturated heterocycles. The highest BCUT2D eigenvalue weighted by atomic mass is 79.9. The summed E-state index contributed by atoms with van der Waals surface area (Å²) in [6.45, 7) is 1.24. The molecule has 1 nitrogen and oxygen atoms in total. The van der Waals surface area contributed by atoms with Crippen LogP contribution in [-0.2, 0) is 0 Å². The highest BCUT2D eigenvalue weighted by Gasteiger charge is 2.19. The second-order valence-electron chi connectivity index (χ2n) is 2.71. The summed E-state index contributed by atoms with van der Waals surface area (Å²) in [5, 5.41) is 0. The second kappa shape index (κ2) is 4.13. The van der Waals surface area contributed by atoms with Crippen molar-refractivity contribution < 1.29 is 18.0 Å². The Hall–Kier alpha value is -0.840. The lowest BCUT2D eigenvalue weighted by atomic mass is 10.1. The van der Waals surface area contributed by atoms with Crippen LogP contribution in [-0.4, -0.2) is 5.78 Å². The minimum atomic E-state index is -2.90. The largest absolute Gasteiger partial charge is 0.295 e. The summed E-state index contributed by atoms with van der Waals surface area (Å²) in [5.74, 6) is -1.44. The van der Waals surface area contributed by atoms with Gasteiger partial charge in [-0.1, -0.05) is 15.9 Å². The van der Waals surface area contributed by atoms with Crippen LogP contribution in [0.3, 0.4) is 0 Å². The summed E-state index contributed by atoms with van der Waals surface area (Å²) in [7, 11) is 0. The third-order valence-electron chi connectivity index (χ3n) is 1.70. The van der Waals surface area contributed by atoms with Gasteiger partial charge in [0.25, 0.3) is 6.43 Å². The first-order chi connectivity index (χ1) is 6.43. The lowest BCUT2D eigenvalue weighted by molar-refractivity contribution is 0.101. The molecule has 14 heavy (non-hydrogen) atoms. The lowest BCUT2D eigenvalue weighted by Gasteiger charge is -2.06. The van der Waals surface area contributed by atoms with Gasteiger partial charge in [0.1, 0.15) is 5.82 Å². The molecule has 1 aromatic carbocycles. The summed E-state index contributed by atoms with van der Waals surface area (Å²) in [6, 6.07) is 2.00. The van der Waals surface area contributed by atoms with Crippen LogP contribution in [0.4, 0.5) is 13.2 Å². The predicted octanol–water partition coefficient (Wildman–Crippen LogP) is 3.73. The van der Waals surface area contributed by atoms with Crippen LogP contribution in [0, 0.1) is 5.82 Å². The first-order valence-electron chi connectivity index (χ1n) is 3.71. The van der Waals surface area contributed by atoms with E-state index in [9.17, 15) is 18.0 Å². The summed E-state index contributed by atoms with van der Waals surface area (Å²) < 4.78 is 37.5. The molecule has 0 atom stereocenters. The molecule has 0 fully saturated rings. The number of carbonyl (C=O) groups excluding carboxylic acids is 1. The van der Waals surface area contributed by atoms with E-state index in [1.54, 1.807) is 0 Å². The van der Waals surface area contributed by atoms with Crippen LogP contribution in [0.1, 0.15) is 29.3 Å². The number of rotatable bonds is 2. The Morgan fingerprint density at radius 2 is 2.00 bits per heavy atom. The number of carbonyl (C=O) groups is 1. The molecule has 0 bridgehead atoms. The quantitative estimate of drug-likeness (QED) is 0.746. The van der Waals surface area contributed by atoms with Crippen LogP contribution >= 0.6 is 15.9 Å². The lowest BCUT2D eigenvalue weighted by Crippen LogP contribution is -1.99. The molecule has 0 amide bonds. The molecular weight excluding hydrogens is 261 g/mol. The van der Waals surface area contributed by atoms with Gasteiger partial charge in [-0.3, -0.25) is 4.79 Å². The van der Waals surface area contributed by atoms with Crippen molar-refractivity contribution >= 4 is 21.7 Å². The van der Waals surface area contributed by atoms with Gasteiger partial charge in [-0.25, -0.2) is 13.2 Å². The Labute approximate surface area is 87.1 Å². The van der Waals surface area contributed by atoms with Gasteiger partial charge in [0.05, 0.1) is 5.56 Å². The molecule has 0 heterocycles. The van der Waals surface area contributed by atoms with E-state index in [0.717, 1.165) is 6.07 Å². The van der Waals surface area contributed by atoms with Crippen LogP contribution in [0.2, 0.25) is 0 Å². The third kappa shape index (κ3) is 2.15. The van der Waals surface area contributed by atoms with Crippen molar-refractivity contribution in [3.63, 3.8) is 0 Å². The minimum absolute atomic E-state index is 0.0683. The van der Waals surface area contributed by atoms with Crippen LogP contribution in [0.5, 0.6) is 0 Å². The molecule has 1 rings (SSSR count). The van der Waals surface area contributed by atoms with Gasteiger partial charge in [0.2, 0.25) is 0 Å². The van der Waals surface area contributed by atoms with Gasteiger partial charge in [-0.15, -0.1) is 0 Å². The van der Waals surface area contributed by atoms with Gasteiger partial charge in [-0.2, -0.15) is 0 Å². The van der Waals surface area contributed by atoms with Gasteiger partial charge >= 0.3 is 0 Å². The molecule has 0 aromatic heterocycles. The molecule has 0 N–H and O–H groups in total. The summed E-state index contributed by atoms with van der Waals surface area (Å²) >= 11 is 2.79. The normalized spacial score (nSPS) is 10.7. The van der Waals surface area contributed by atoms with E-state index < -0.39 is 17.8 Å². The molecule has 0 spiro atoms. The zero-order valence-electron chi connectivity index (χ0n) is 7.15. The SMILES string of the molecule is CC(=O)c1cc(F)c(C(F)F)c(Br)c1. The number of hydrogen-bond donors (Lipinski definition) is 0.